The summed E-state index contributed by atoms with van der Waals surface area (Å²) in [6, 6.07) is 5.52. The molecule has 0 saturated carbocycles. The van der Waals surface area contributed by atoms with Crippen LogP contribution in [0.3, 0.4) is 0 Å². The zero-order chi connectivity index (χ0) is 8.10. The quantitative estimate of drug-likeness (QED) is 0.638. The Hall–Kier alpha value is -1.69. The third kappa shape index (κ3) is 1.62. The second-order valence-corrected chi connectivity index (χ2v) is 2.06. The second-order valence-electron chi connectivity index (χ2n) is 2.06. The van der Waals surface area contributed by atoms with E-state index in [1.807, 2.05) is 6.07 Å². The predicted octanol–water partition coefficient (Wildman–Crippen LogP) is 1.34. The maximum atomic E-state index is 8.55. The summed E-state index contributed by atoms with van der Waals surface area (Å²) < 4.78 is 0. The van der Waals surface area contributed by atoms with E-state index in [0.29, 0.717) is 0 Å². The van der Waals surface area contributed by atoms with E-state index in [1.165, 1.54) is 0 Å². The van der Waals surface area contributed by atoms with E-state index >= 15 is 0 Å². The lowest BCUT2D eigenvalue weighted by Gasteiger charge is -1.98. The zero-order valence-corrected chi connectivity index (χ0v) is 5.86. The fraction of sp³-hybridized carbons (Fsp3) is 0.125. The van der Waals surface area contributed by atoms with Crippen molar-refractivity contribution in [1.82, 2.24) is 4.98 Å². The van der Waals surface area contributed by atoms with Crippen LogP contribution in [0.15, 0.2) is 24.5 Å². The maximum Gasteiger partial charge on any atom is 0.107 e. The van der Waals surface area contributed by atoms with E-state index in [2.05, 4.69) is 4.98 Å². The van der Waals surface area contributed by atoms with Crippen LogP contribution in [0, 0.1) is 16.7 Å². The highest BCUT2D eigenvalue weighted by molar-refractivity contribution is 5.68. The Bertz CT molecular complexity index is 273. The number of nitrogens with zero attached hydrogens (tertiary/aromatic N) is 2. The summed E-state index contributed by atoms with van der Waals surface area (Å²) in [5.41, 5.74) is 0.769. The predicted molar refractivity (Wildman–Crippen MR) is 41.4 cm³/mol. The van der Waals surface area contributed by atoms with E-state index < -0.39 is 5.92 Å². The lowest BCUT2D eigenvalue weighted by molar-refractivity contribution is 1.12. The molecule has 3 heteroatoms. The molecule has 1 heterocycles. The molecule has 0 saturated heterocycles. The van der Waals surface area contributed by atoms with Gasteiger partial charge < -0.3 is 5.41 Å². The van der Waals surface area contributed by atoms with Crippen LogP contribution in [-0.2, 0) is 0 Å². The van der Waals surface area contributed by atoms with Crippen molar-refractivity contribution in [1.29, 1.82) is 10.7 Å². The number of nitriles is 1. The Labute approximate surface area is 64.8 Å². The van der Waals surface area contributed by atoms with Crippen molar-refractivity contribution < 1.29 is 0 Å². The summed E-state index contributed by atoms with van der Waals surface area (Å²) in [5.74, 6) is -0.455. The van der Waals surface area contributed by atoms with E-state index in [0.717, 1.165) is 11.8 Å². The van der Waals surface area contributed by atoms with E-state index in [-0.39, 0.29) is 0 Å². The average molecular weight is 145 g/mol. The van der Waals surface area contributed by atoms with Crippen LogP contribution in [0.5, 0.6) is 0 Å². The van der Waals surface area contributed by atoms with Gasteiger partial charge in [-0.3, -0.25) is 4.98 Å². The zero-order valence-electron chi connectivity index (χ0n) is 5.86. The van der Waals surface area contributed by atoms with Crippen molar-refractivity contribution in [3.8, 4) is 6.07 Å². The molecule has 1 aromatic rings. The Morgan fingerprint density at radius 2 is 2.55 bits per heavy atom. The molecule has 0 aromatic carbocycles. The molecule has 0 fully saturated rings. The minimum atomic E-state index is -0.455. The first-order valence-electron chi connectivity index (χ1n) is 3.18. The first-order chi connectivity index (χ1) is 5.38. The highest BCUT2D eigenvalue weighted by atomic mass is 14.6. The SMILES string of the molecule is N#CC(C=N)c1cccnc1. The highest BCUT2D eigenvalue weighted by Crippen LogP contribution is 2.09. The van der Waals surface area contributed by atoms with Crippen LogP contribution in [-0.4, -0.2) is 11.2 Å². The summed E-state index contributed by atoms with van der Waals surface area (Å²) in [7, 11) is 0. The fourth-order valence-electron chi connectivity index (χ4n) is 0.768. The average Bonchev–Trinajstić information content (AvgIpc) is 2.09. The first-order valence-corrected chi connectivity index (χ1v) is 3.18. The van der Waals surface area contributed by atoms with Crippen LogP contribution in [0.2, 0.25) is 0 Å². The van der Waals surface area contributed by atoms with Gasteiger partial charge in [-0.2, -0.15) is 5.26 Å². The summed E-state index contributed by atoms with van der Waals surface area (Å²) >= 11 is 0. The van der Waals surface area contributed by atoms with Gasteiger partial charge in [0.25, 0.3) is 0 Å². The van der Waals surface area contributed by atoms with Gasteiger partial charge in [0.1, 0.15) is 5.92 Å². The standard InChI is InChI=1S/C8H7N3/c9-4-8(5-10)7-2-1-3-11-6-7/h1-4,6,8-9H. The maximum absolute atomic E-state index is 8.55. The van der Waals surface area contributed by atoms with Crippen molar-refractivity contribution in [2.45, 2.75) is 5.92 Å². The van der Waals surface area contributed by atoms with Gasteiger partial charge in [-0.1, -0.05) is 6.07 Å². The van der Waals surface area contributed by atoms with Crippen molar-refractivity contribution in [2.75, 3.05) is 0 Å². The molecule has 1 N–H and O–H groups in total. The van der Waals surface area contributed by atoms with Gasteiger partial charge in [0.05, 0.1) is 6.07 Å². The number of rotatable bonds is 2. The summed E-state index contributed by atoms with van der Waals surface area (Å²) in [6.45, 7) is 0. The Morgan fingerprint density at radius 1 is 1.73 bits per heavy atom. The topological polar surface area (TPSA) is 60.5 Å². The third-order valence-corrected chi connectivity index (χ3v) is 1.35. The minimum absolute atomic E-state index is 0.455. The van der Waals surface area contributed by atoms with Crippen molar-refractivity contribution in [3.05, 3.63) is 30.1 Å². The molecule has 0 amide bonds. The highest BCUT2D eigenvalue weighted by Gasteiger charge is 2.04. The van der Waals surface area contributed by atoms with Crippen LogP contribution in [0.25, 0.3) is 0 Å². The molecule has 1 atom stereocenters. The molecular formula is C8H7N3. The molecule has 11 heavy (non-hydrogen) atoms. The number of hydrogen-bond acceptors (Lipinski definition) is 3. The number of nitrogens with one attached hydrogen (secondary N) is 1. The normalized spacial score (nSPS) is 11.5. The molecule has 54 valence electrons. The van der Waals surface area contributed by atoms with Crippen LogP contribution >= 0.6 is 0 Å². The largest absolute Gasteiger partial charge is 0.311 e. The minimum Gasteiger partial charge on any atom is -0.311 e. The molecular weight excluding hydrogens is 138 g/mol. The number of hydrogen-bond donors (Lipinski definition) is 1. The first kappa shape index (κ1) is 7.42. The van der Waals surface area contributed by atoms with Crippen molar-refractivity contribution in [2.24, 2.45) is 0 Å². The molecule has 1 unspecified atom stereocenters. The van der Waals surface area contributed by atoms with Crippen LogP contribution in [0.4, 0.5) is 0 Å². The van der Waals surface area contributed by atoms with E-state index in [1.54, 1.807) is 24.5 Å². The molecule has 1 aromatic heterocycles. The van der Waals surface area contributed by atoms with E-state index in [4.69, 9.17) is 10.7 Å². The molecule has 0 radical (unpaired) electrons. The monoisotopic (exact) mass is 145 g/mol. The van der Waals surface area contributed by atoms with Gasteiger partial charge in [-0.05, 0) is 11.6 Å². The van der Waals surface area contributed by atoms with Gasteiger partial charge in [-0.15, -0.1) is 0 Å². The Kier molecular flexibility index (Phi) is 2.34. The number of aromatic nitrogens is 1. The molecule has 1 rings (SSSR count). The summed E-state index contributed by atoms with van der Waals surface area (Å²) in [4.78, 5) is 3.85. The lowest BCUT2D eigenvalue weighted by atomic mass is 10.1. The van der Waals surface area contributed by atoms with Crippen LogP contribution < -0.4 is 0 Å². The smallest absolute Gasteiger partial charge is 0.107 e. The van der Waals surface area contributed by atoms with E-state index in [9.17, 15) is 0 Å². The molecule has 0 bridgehead atoms. The lowest BCUT2D eigenvalue weighted by Crippen LogP contribution is -1.95. The molecule has 0 spiro atoms. The summed E-state index contributed by atoms with van der Waals surface area (Å²) in [5, 5.41) is 15.5. The third-order valence-electron chi connectivity index (χ3n) is 1.35. The number of pyridine rings is 1. The van der Waals surface area contributed by atoms with Gasteiger partial charge in [0.15, 0.2) is 0 Å². The molecule has 3 nitrogen and oxygen atoms in total. The molecule has 0 aliphatic heterocycles. The summed E-state index contributed by atoms with van der Waals surface area (Å²) in [6.07, 6.45) is 4.35. The molecule has 0 aliphatic carbocycles. The van der Waals surface area contributed by atoms with Gasteiger partial charge in [-0.25, -0.2) is 0 Å². The van der Waals surface area contributed by atoms with Crippen molar-refractivity contribution in [3.63, 3.8) is 0 Å². The second kappa shape index (κ2) is 3.47. The van der Waals surface area contributed by atoms with Crippen LogP contribution in [0.1, 0.15) is 11.5 Å². The fourth-order valence-corrected chi connectivity index (χ4v) is 0.768. The Morgan fingerprint density at radius 3 is 3.00 bits per heavy atom. The van der Waals surface area contributed by atoms with Crippen molar-refractivity contribution >= 4 is 6.21 Å². The van der Waals surface area contributed by atoms with Gasteiger partial charge in [0.2, 0.25) is 0 Å². The van der Waals surface area contributed by atoms with Gasteiger partial charge in [0, 0.05) is 18.6 Å². The van der Waals surface area contributed by atoms with Gasteiger partial charge >= 0.3 is 0 Å². The molecule has 0 aliphatic rings. The Balaban J connectivity index is 2.93.